The zero-order chi connectivity index (χ0) is 22.2. The molecule has 0 radical (unpaired) electrons. The number of hydrogen-bond acceptors (Lipinski definition) is 8. The SMILES string of the molecule is CN(C)c1nc(N)nc(COC(=O)C[C@@H](NC(=O)c2ccccc2)c2ccccc2)n1. The van der Waals surface area contributed by atoms with Crippen LogP contribution in [-0.4, -0.2) is 40.9 Å². The van der Waals surface area contributed by atoms with Crippen molar-refractivity contribution in [3.8, 4) is 0 Å². The van der Waals surface area contributed by atoms with Crippen molar-refractivity contribution < 1.29 is 14.3 Å². The molecule has 0 bridgehead atoms. The van der Waals surface area contributed by atoms with Crippen LogP contribution in [0, 0.1) is 0 Å². The molecule has 0 unspecified atom stereocenters. The molecule has 1 amide bonds. The summed E-state index contributed by atoms with van der Waals surface area (Å²) in [5, 5.41) is 2.90. The van der Waals surface area contributed by atoms with Crippen LogP contribution in [0.1, 0.15) is 34.2 Å². The van der Waals surface area contributed by atoms with Gasteiger partial charge in [0, 0.05) is 19.7 Å². The van der Waals surface area contributed by atoms with Gasteiger partial charge in [-0.1, -0.05) is 48.5 Å². The number of benzene rings is 2. The summed E-state index contributed by atoms with van der Waals surface area (Å²) in [5.74, 6) is -0.122. The molecule has 31 heavy (non-hydrogen) atoms. The van der Waals surface area contributed by atoms with E-state index < -0.39 is 12.0 Å². The first kappa shape index (κ1) is 21.7. The maximum Gasteiger partial charge on any atom is 0.308 e. The number of ether oxygens (including phenoxy) is 1. The molecular weight excluding hydrogens is 396 g/mol. The third-order valence-corrected chi connectivity index (χ3v) is 4.36. The summed E-state index contributed by atoms with van der Waals surface area (Å²) < 4.78 is 5.34. The first-order valence-corrected chi connectivity index (χ1v) is 9.66. The summed E-state index contributed by atoms with van der Waals surface area (Å²) in [6.07, 6.45) is -0.0519. The van der Waals surface area contributed by atoms with E-state index in [-0.39, 0.29) is 30.7 Å². The van der Waals surface area contributed by atoms with Crippen molar-refractivity contribution in [3.05, 3.63) is 77.6 Å². The second-order valence-electron chi connectivity index (χ2n) is 6.97. The number of amides is 1. The number of nitrogens with two attached hydrogens (primary N) is 1. The van der Waals surface area contributed by atoms with Gasteiger partial charge in [0.1, 0.15) is 0 Å². The summed E-state index contributed by atoms with van der Waals surface area (Å²) in [6, 6.07) is 17.5. The predicted molar refractivity (Wildman–Crippen MR) is 116 cm³/mol. The Morgan fingerprint density at radius 2 is 1.65 bits per heavy atom. The molecule has 3 N–H and O–H groups in total. The molecule has 9 heteroatoms. The average Bonchev–Trinajstić information content (AvgIpc) is 2.78. The minimum atomic E-state index is -0.554. The first-order valence-electron chi connectivity index (χ1n) is 9.66. The van der Waals surface area contributed by atoms with Crippen molar-refractivity contribution >= 4 is 23.8 Å². The van der Waals surface area contributed by atoms with Gasteiger partial charge in [0.05, 0.1) is 12.5 Å². The summed E-state index contributed by atoms with van der Waals surface area (Å²) in [7, 11) is 3.54. The monoisotopic (exact) mass is 420 g/mol. The highest BCUT2D eigenvalue weighted by atomic mass is 16.5. The first-order chi connectivity index (χ1) is 14.9. The van der Waals surface area contributed by atoms with E-state index in [1.54, 1.807) is 43.3 Å². The van der Waals surface area contributed by atoms with Gasteiger partial charge in [0.25, 0.3) is 5.91 Å². The Hall–Kier alpha value is -4.01. The maximum absolute atomic E-state index is 12.6. The van der Waals surface area contributed by atoms with Crippen LogP contribution in [0.2, 0.25) is 0 Å². The van der Waals surface area contributed by atoms with Gasteiger partial charge in [0.15, 0.2) is 12.4 Å². The largest absolute Gasteiger partial charge is 0.457 e. The molecule has 0 aliphatic heterocycles. The van der Waals surface area contributed by atoms with E-state index in [2.05, 4.69) is 20.3 Å². The van der Waals surface area contributed by atoms with E-state index in [0.29, 0.717) is 11.5 Å². The summed E-state index contributed by atoms with van der Waals surface area (Å²) in [5.41, 5.74) is 7.00. The highest BCUT2D eigenvalue weighted by Crippen LogP contribution is 2.19. The van der Waals surface area contributed by atoms with Gasteiger partial charge in [-0.25, -0.2) is 0 Å². The zero-order valence-electron chi connectivity index (χ0n) is 17.4. The topological polar surface area (TPSA) is 123 Å². The minimum absolute atomic E-state index is 0.0436. The zero-order valence-corrected chi connectivity index (χ0v) is 17.4. The number of anilines is 2. The molecule has 0 aliphatic rings. The van der Waals surface area contributed by atoms with Crippen LogP contribution in [0.5, 0.6) is 0 Å². The molecule has 3 rings (SSSR count). The van der Waals surface area contributed by atoms with E-state index in [1.165, 1.54) is 0 Å². The number of nitrogens with one attached hydrogen (secondary N) is 1. The Kier molecular flexibility index (Phi) is 7.10. The van der Waals surface area contributed by atoms with Crippen LogP contribution in [0.3, 0.4) is 0 Å². The number of rotatable bonds is 8. The molecule has 0 aliphatic carbocycles. The standard InChI is InChI=1S/C22H24N6O3/c1-28(2)22-26-18(25-21(23)27-22)14-31-19(29)13-17(15-9-5-3-6-10-15)24-20(30)16-11-7-4-8-12-16/h3-12,17H,13-14H2,1-2H3,(H,24,30)(H2,23,25,26,27)/t17-/m1/s1. The van der Waals surface area contributed by atoms with Gasteiger partial charge in [-0.05, 0) is 17.7 Å². The van der Waals surface area contributed by atoms with Crippen molar-refractivity contribution in [2.75, 3.05) is 24.7 Å². The Morgan fingerprint density at radius 3 is 2.29 bits per heavy atom. The Bertz CT molecular complexity index is 1030. The normalized spacial score (nSPS) is 11.4. The van der Waals surface area contributed by atoms with Crippen molar-refractivity contribution in [3.63, 3.8) is 0 Å². The lowest BCUT2D eigenvalue weighted by Crippen LogP contribution is -2.30. The maximum atomic E-state index is 12.6. The van der Waals surface area contributed by atoms with Crippen molar-refractivity contribution in [2.24, 2.45) is 0 Å². The number of esters is 1. The lowest BCUT2D eigenvalue weighted by Gasteiger charge is -2.19. The average molecular weight is 420 g/mol. The highest BCUT2D eigenvalue weighted by molar-refractivity contribution is 5.94. The minimum Gasteiger partial charge on any atom is -0.457 e. The molecular formula is C22H24N6O3. The quantitative estimate of drug-likeness (QED) is 0.531. The molecule has 9 nitrogen and oxygen atoms in total. The Labute approximate surface area is 180 Å². The molecule has 0 fully saturated rings. The third kappa shape index (κ3) is 6.23. The van der Waals surface area contributed by atoms with Crippen molar-refractivity contribution in [1.29, 1.82) is 0 Å². The van der Waals surface area contributed by atoms with E-state index in [4.69, 9.17) is 10.5 Å². The second kappa shape index (κ2) is 10.1. The molecule has 0 saturated carbocycles. The molecule has 1 heterocycles. The molecule has 2 aromatic carbocycles. The number of aromatic nitrogens is 3. The van der Waals surface area contributed by atoms with Crippen molar-refractivity contribution in [1.82, 2.24) is 20.3 Å². The number of carbonyl (C=O) groups is 2. The van der Waals surface area contributed by atoms with E-state index >= 15 is 0 Å². The van der Waals surface area contributed by atoms with E-state index in [0.717, 1.165) is 5.56 Å². The fourth-order valence-electron chi connectivity index (χ4n) is 2.83. The van der Waals surface area contributed by atoms with Gasteiger partial charge in [0.2, 0.25) is 11.9 Å². The lowest BCUT2D eigenvalue weighted by molar-refractivity contribution is -0.145. The van der Waals surface area contributed by atoms with Gasteiger partial charge >= 0.3 is 5.97 Å². The van der Waals surface area contributed by atoms with Crippen LogP contribution >= 0.6 is 0 Å². The Morgan fingerprint density at radius 1 is 1.00 bits per heavy atom. The second-order valence-corrected chi connectivity index (χ2v) is 6.97. The van der Waals surface area contributed by atoms with Gasteiger partial charge in [-0.2, -0.15) is 15.0 Å². The fraction of sp³-hybridized carbons (Fsp3) is 0.227. The van der Waals surface area contributed by atoms with Gasteiger partial charge in [-0.15, -0.1) is 0 Å². The van der Waals surface area contributed by atoms with Crippen molar-refractivity contribution in [2.45, 2.75) is 19.1 Å². The molecule has 1 atom stereocenters. The molecule has 160 valence electrons. The predicted octanol–water partition coefficient (Wildman–Crippen LogP) is 2.12. The molecule has 0 saturated heterocycles. The lowest BCUT2D eigenvalue weighted by atomic mass is 10.0. The van der Waals surface area contributed by atoms with Crippen LogP contribution in [-0.2, 0) is 16.1 Å². The summed E-state index contributed by atoms with van der Waals surface area (Å²) in [4.78, 5) is 39.0. The molecule has 0 spiro atoms. The van der Waals surface area contributed by atoms with Gasteiger partial charge in [-0.3, -0.25) is 9.59 Å². The molecule has 1 aromatic heterocycles. The summed E-state index contributed by atoms with van der Waals surface area (Å²) in [6.45, 7) is -0.152. The van der Waals surface area contributed by atoms with Crippen LogP contribution < -0.4 is 16.0 Å². The Balaban J connectivity index is 1.68. The summed E-state index contributed by atoms with van der Waals surface area (Å²) >= 11 is 0. The van der Waals surface area contributed by atoms with Crippen LogP contribution in [0.25, 0.3) is 0 Å². The number of nitrogens with zero attached hydrogens (tertiary/aromatic N) is 4. The number of nitrogen functional groups attached to an aromatic ring is 1. The van der Waals surface area contributed by atoms with Crippen LogP contribution in [0.15, 0.2) is 60.7 Å². The fourth-order valence-corrected chi connectivity index (χ4v) is 2.83. The smallest absolute Gasteiger partial charge is 0.308 e. The van der Waals surface area contributed by atoms with Crippen LogP contribution in [0.4, 0.5) is 11.9 Å². The van der Waals surface area contributed by atoms with E-state index in [1.807, 2.05) is 36.4 Å². The van der Waals surface area contributed by atoms with E-state index in [9.17, 15) is 9.59 Å². The molecule has 3 aromatic rings. The third-order valence-electron chi connectivity index (χ3n) is 4.36. The number of hydrogen-bond donors (Lipinski definition) is 2. The number of carbonyl (C=O) groups excluding carboxylic acids is 2. The highest BCUT2D eigenvalue weighted by Gasteiger charge is 2.20. The van der Waals surface area contributed by atoms with Gasteiger partial charge < -0.3 is 20.7 Å².